The normalized spacial score (nSPS) is 10.9. The van der Waals surface area contributed by atoms with Gasteiger partial charge in [-0.05, 0) is 49.8 Å². The van der Waals surface area contributed by atoms with Crippen LogP contribution in [0.4, 0.5) is 0 Å². The molecule has 0 saturated heterocycles. The molecule has 0 fully saturated rings. The van der Waals surface area contributed by atoms with Crippen LogP contribution in [0.25, 0.3) is 0 Å². The Kier molecular flexibility index (Phi) is 13.9. The topological polar surface area (TPSA) is 35.5 Å². The first-order valence-corrected chi connectivity index (χ1v) is 12.0. The summed E-state index contributed by atoms with van der Waals surface area (Å²) in [5.74, 6) is 0.167. The lowest BCUT2D eigenvalue weighted by Gasteiger charge is -2.17. The quantitative estimate of drug-likeness (QED) is 0.152. The number of benzene rings is 1. The van der Waals surface area contributed by atoms with Crippen LogP contribution in [-0.2, 0) is 22.5 Å². The van der Waals surface area contributed by atoms with Gasteiger partial charge < -0.3 is 0 Å². The summed E-state index contributed by atoms with van der Waals surface area (Å²) in [6.07, 6.45) is 16.9. The van der Waals surface area contributed by atoms with Crippen molar-refractivity contribution in [2.75, 3.05) is 0 Å². The van der Waals surface area contributed by atoms with Crippen LogP contribution in [0.1, 0.15) is 115 Å². The predicted molar refractivity (Wildman–Crippen MR) is 123 cm³/mol. The van der Waals surface area contributed by atoms with Gasteiger partial charge in [-0.25, -0.2) is 4.79 Å². The number of unbranched alkanes of at least 4 members (excludes halogenated alkanes) is 10. The molecule has 0 aliphatic carbocycles. The van der Waals surface area contributed by atoms with E-state index in [1.807, 2.05) is 13.0 Å². The molecule has 0 aliphatic rings. The molecule has 0 bridgehead atoms. The monoisotopic (exact) mass is 424 g/mol. The van der Waals surface area contributed by atoms with Gasteiger partial charge in [0.1, 0.15) is 0 Å². The molecule has 0 amide bonds. The summed E-state index contributed by atoms with van der Waals surface area (Å²) in [6.45, 7) is 7.83. The van der Waals surface area contributed by atoms with Crippen molar-refractivity contribution in [1.29, 1.82) is 0 Å². The van der Waals surface area contributed by atoms with Gasteiger partial charge in [-0.3, -0.25) is 9.78 Å². The Morgan fingerprint density at radius 1 is 0.862 bits per heavy atom. The molecule has 1 aromatic rings. The van der Waals surface area contributed by atoms with Gasteiger partial charge in [0, 0.05) is 17.5 Å². The van der Waals surface area contributed by atoms with Crippen LogP contribution < -0.4 is 4.89 Å². The van der Waals surface area contributed by atoms with E-state index in [1.54, 1.807) is 0 Å². The SMILES string of the molecule is CCCCCCCCc1cc(OOC(C)=O)c(C)c(CCCCCCCC)c1Cl. The molecule has 0 heterocycles. The molecule has 166 valence electrons. The maximum Gasteiger partial charge on any atom is 0.352 e. The van der Waals surface area contributed by atoms with Gasteiger partial charge in [0.05, 0.1) is 0 Å². The van der Waals surface area contributed by atoms with Crippen LogP contribution in [0.15, 0.2) is 6.07 Å². The fourth-order valence-corrected chi connectivity index (χ4v) is 4.07. The van der Waals surface area contributed by atoms with Crippen LogP contribution in [0.3, 0.4) is 0 Å². The van der Waals surface area contributed by atoms with E-state index in [0.717, 1.165) is 47.4 Å². The summed E-state index contributed by atoms with van der Waals surface area (Å²) in [4.78, 5) is 21.3. The van der Waals surface area contributed by atoms with Crippen molar-refractivity contribution in [3.05, 3.63) is 27.8 Å². The largest absolute Gasteiger partial charge is 0.352 e. The van der Waals surface area contributed by atoms with Gasteiger partial charge in [0.2, 0.25) is 0 Å². The minimum Gasteiger partial charge on any atom is -0.287 e. The molecule has 0 atom stereocenters. The molecule has 0 spiro atoms. The van der Waals surface area contributed by atoms with E-state index in [4.69, 9.17) is 21.4 Å². The maximum atomic E-state index is 11.2. The smallest absolute Gasteiger partial charge is 0.287 e. The third-order valence-electron chi connectivity index (χ3n) is 5.50. The second-order valence-electron chi connectivity index (χ2n) is 8.15. The Morgan fingerprint density at radius 3 is 1.93 bits per heavy atom. The molecule has 1 rings (SSSR count). The number of hydrogen-bond acceptors (Lipinski definition) is 3. The number of hydrogen-bond donors (Lipinski definition) is 0. The van der Waals surface area contributed by atoms with Crippen molar-refractivity contribution in [3.63, 3.8) is 0 Å². The summed E-state index contributed by atoms with van der Waals surface area (Å²) >= 11 is 6.81. The molecule has 0 saturated carbocycles. The van der Waals surface area contributed by atoms with E-state index < -0.39 is 5.97 Å². The molecule has 0 aliphatic heterocycles. The van der Waals surface area contributed by atoms with Gasteiger partial charge >= 0.3 is 5.97 Å². The lowest BCUT2D eigenvalue weighted by atomic mass is 9.95. The van der Waals surface area contributed by atoms with E-state index in [2.05, 4.69) is 13.8 Å². The molecular weight excluding hydrogens is 384 g/mol. The minimum atomic E-state index is -0.450. The molecule has 0 unspecified atom stereocenters. The first-order chi connectivity index (χ1) is 14.0. The molecule has 3 nitrogen and oxygen atoms in total. The predicted octanol–water partition coefficient (Wildman–Crippen LogP) is 8.31. The number of carbonyl (C=O) groups excluding carboxylic acids is 1. The first-order valence-electron chi connectivity index (χ1n) is 11.7. The van der Waals surface area contributed by atoms with E-state index in [0.29, 0.717) is 5.75 Å². The first kappa shape index (κ1) is 25.8. The summed E-state index contributed by atoms with van der Waals surface area (Å²) in [7, 11) is 0. The standard InChI is InChI=1S/C25H41ClO3/c1-5-7-9-11-13-15-17-22-19-24(29-28-21(4)27)20(3)23(25(22)26)18-16-14-12-10-8-6-2/h19H,5-18H2,1-4H3. The van der Waals surface area contributed by atoms with Crippen molar-refractivity contribution < 1.29 is 14.6 Å². The highest BCUT2D eigenvalue weighted by Crippen LogP contribution is 2.34. The van der Waals surface area contributed by atoms with Crippen LogP contribution in [0.2, 0.25) is 5.02 Å². The highest BCUT2D eigenvalue weighted by Gasteiger charge is 2.16. The average Bonchev–Trinajstić information content (AvgIpc) is 2.69. The Labute approximate surface area is 183 Å². The van der Waals surface area contributed by atoms with E-state index in [9.17, 15) is 4.79 Å². The van der Waals surface area contributed by atoms with Crippen molar-refractivity contribution in [1.82, 2.24) is 0 Å². The van der Waals surface area contributed by atoms with Crippen LogP contribution in [0.5, 0.6) is 5.75 Å². The molecule has 0 N–H and O–H groups in total. The molecule has 29 heavy (non-hydrogen) atoms. The Hall–Kier alpha value is -1.22. The average molecular weight is 425 g/mol. The van der Waals surface area contributed by atoms with Gasteiger partial charge in [-0.1, -0.05) is 89.7 Å². The minimum absolute atomic E-state index is 0.450. The van der Waals surface area contributed by atoms with Crippen molar-refractivity contribution in [3.8, 4) is 5.75 Å². The molecule has 0 aromatic heterocycles. The number of rotatable bonds is 16. The van der Waals surface area contributed by atoms with Crippen molar-refractivity contribution in [2.24, 2.45) is 0 Å². The Bertz CT molecular complexity index is 598. The lowest BCUT2D eigenvalue weighted by molar-refractivity contribution is -0.211. The molecule has 0 radical (unpaired) electrons. The lowest BCUT2D eigenvalue weighted by Crippen LogP contribution is -2.07. The second-order valence-corrected chi connectivity index (χ2v) is 8.52. The third-order valence-corrected chi connectivity index (χ3v) is 5.97. The summed E-state index contributed by atoms with van der Waals surface area (Å²) in [5.41, 5.74) is 3.24. The van der Waals surface area contributed by atoms with Crippen LogP contribution in [0, 0.1) is 6.92 Å². The Morgan fingerprint density at radius 2 is 1.38 bits per heavy atom. The molecule has 1 aromatic carbocycles. The molecular formula is C25H41ClO3. The summed E-state index contributed by atoms with van der Waals surface area (Å²) in [5, 5.41) is 0.875. The third kappa shape index (κ3) is 10.4. The zero-order valence-corrected chi connectivity index (χ0v) is 19.8. The number of carbonyl (C=O) groups is 1. The highest BCUT2D eigenvalue weighted by molar-refractivity contribution is 6.32. The van der Waals surface area contributed by atoms with Crippen molar-refractivity contribution >= 4 is 17.6 Å². The van der Waals surface area contributed by atoms with Crippen LogP contribution in [-0.4, -0.2) is 5.97 Å². The zero-order valence-electron chi connectivity index (χ0n) is 19.1. The maximum absolute atomic E-state index is 11.2. The van der Waals surface area contributed by atoms with E-state index >= 15 is 0 Å². The summed E-state index contributed by atoms with van der Waals surface area (Å²) in [6, 6.07) is 1.96. The summed E-state index contributed by atoms with van der Waals surface area (Å²) < 4.78 is 0. The van der Waals surface area contributed by atoms with E-state index in [1.165, 1.54) is 71.1 Å². The van der Waals surface area contributed by atoms with Gasteiger partial charge in [-0.2, -0.15) is 0 Å². The van der Waals surface area contributed by atoms with Gasteiger partial charge in [0.25, 0.3) is 0 Å². The number of aryl methyl sites for hydroxylation is 1. The van der Waals surface area contributed by atoms with Crippen LogP contribution >= 0.6 is 11.6 Å². The zero-order chi connectivity index (χ0) is 21.5. The van der Waals surface area contributed by atoms with Gasteiger partial charge in [-0.15, -0.1) is 0 Å². The fraction of sp³-hybridized carbons (Fsp3) is 0.720. The second kappa shape index (κ2) is 15.6. The van der Waals surface area contributed by atoms with E-state index in [-0.39, 0.29) is 0 Å². The fourth-order valence-electron chi connectivity index (χ4n) is 3.68. The van der Waals surface area contributed by atoms with Gasteiger partial charge in [0.15, 0.2) is 5.75 Å². The Balaban J connectivity index is 2.78. The number of halogens is 1. The van der Waals surface area contributed by atoms with Crippen molar-refractivity contribution in [2.45, 2.75) is 118 Å². The molecule has 4 heteroatoms. The highest BCUT2D eigenvalue weighted by atomic mass is 35.5.